The lowest BCUT2D eigenvalue weighted by Crippen LogP contribution is -2.25. The van der Waals surface area contributed by atoms with Crippen LogP contribution in [0.3, 0.4) is 0 Å². The minimum Gasteiger partial charge on any atom is -0.726 e. The summed E-state index contributed by atoms with van der Waals surface area (Å²) < 4.78 is 38.2. The maximum absolute atomic E-state index is 9.22. The monoisotopic (exact) mass is 367 g/mol. The molecule has 0 radical (unpaired) electrons. The Kier molecular flexibility index (Phi) is 7.99. The first-order valence-electron chi connectivity index (χ1n) is 7.15. The number of pyridine rings is 1. The number of methoxy groups -OCH3 is 1. The molecule has 0 saturated heterocycles. The fourth-order valence-corrected chi connectivity index (χ4v) is 1.66. The minimum atomic E-state index is -4.41. The number of hydrogen-bond donors (Lipinski definition) is 1. The summed E-state index contributed by atoms with van der Waals surface area (Å²) >= 11 is 0. The van der Waals surface area contributed by atoms with Crippen LogP contribution in [0.25, 0.3) is 0 Å². The predicted octanol–water partition coefficient (Wildman–Crippen LogP) is 1.37. The first-order valence-corrected chi connectivity index (χ1v) is 8.49. The molecule has 1 heterocycles. The zero-order valence-electron chi connectivity index (χ0n) is 14.5. The summed E-state index contributed by atoms with van der Waals surface area (Å²) in [4.78, 5) is 0. The number of nitrogens with zero attached hydrogens (tertiary/aromatic N) is 2. The SMILES string of the molecule is COS(=O)(=O)[O-].COc1ccc(NN=Cc2cc[n+](C)cc2)c(C)c1. The van der Waals surface area contributed by atoms with Crippen LogP contribution in [0.1, 0.15) is 11.1 Å². The second kappa shape index (κ2) is 9.72. The number of hydrazone groups is 1. The maximum atomic E-state index is 9.22. The Morgan fingerprint density at radius 3 is 2.28 bits per heavy atom. The summed E-state index contributed by atoms with van der Waals surface area (Å²) in [5.74, 6) is 0.850. The molecule has 0 spiro atoms. The molecule has 136 valence electrons. The molecule has 1 aromatic heterocycles. The lowest BCUT2D eigenvalue weighted by molar-refractivity contribution is -0.671. The number of anilines is 1. The summed E-state index contributed by atoms with van der Waals surface area (Å²) in [6.07, 6.45) is 5.77. The molecule has 0 aliphatic rings. The Morgan fingerprint density at radius 1 is 1.20 bits per heavy atom. The van der Waals surface area contributed by atoms with Gasteiger partial charge in [0.25, 0.3) is 0 Å². The van der Waals surface area contributed by atoms with Crippen molar-refractivity contribution in [2.24, 2.45) is 12.1 Å². The van der Waals surface area contributed by atoms with Gasteiger partial charge < -0.3 is 9.29 Å². The molecule has 0 atom stereocenters. The topological polar surface area (TPSA) is 104 Å². The van der Waals surface area contributed by atoms with Crippen LogP contribution in [0.5, 0.6) is 5.75 Å². The van der Waals surface area contributed by atoms with Gasteiger partial charge in [-0.3, -0.25) is 9.61 Å². The fraction of sp³-hybridized carbons (Fsp3) is 0.250. The van der Waals surface area contributed by atoms with Crippen molar-refractivity contribution in [3.8, 4) is 5.75 Å². The van der Waals surface area contributed by atoms with Crippen LogP contribution >= 0.6 is 0 Å². The first kappa shape index (κ1) is 20.6. The predicted molar refractivity (Wildman–Crippen MR) is 93.3 cm³/mol. The van der Waals surface area contributed by atoms with Crippen molar-refractivity contribution >= 4 is 22.3 Å². The highest BCUT2D eigenvalue weighted by Gasteiger charge is 1.98. The molecular formula is C16H21N3O5S. The third kappa shape index (κ3) is 8.25. The molecule has 2 rings (SSSR count). The Balaban J connectivity index is 0.000000450. The summed E-state index contributed by atoms with van der Waals surface area (Å²) in [7, 11) is 0.0440. The standard InChI is InChI=1S/C15H17N3O.CH4O4S/c1-12-10-14(19-3)4-5-15(12)17-16-11-13-6-8-18(2)9-7-13;1-5-6(2,3)4/h4-11H,1-3H3;1H3,(H,2,3,4). The summed E-state index contributed by atoms with van der Waals surface area (Å²) in [5, 5.41) is 4.23. The van der Waals surface area contributed by atoms with E-state index in [0.717, 1.165) is 29.7 Å². The Morgan fingerprint density at radius 2 is 1.80 bits per heavy atom. The molecule has 1 aromatic carbocycles. The zero-order valence-corrected chi connectivity index (χ0v) is 15.3. The average Bonchev–Trinajstić information content (AvgIpc) is 2.58. The van der Waals surface area contributed by atoms with E-state index in [-0.39, 0.29) is 0 Å². The van der Waals surface area contributed by atoms with Crippen LogP contribution in [-0.2, 0) is 21.6 Å². The molecule has 0 amide bonds. The summed E-state index contributed by atoms with van der Waals surface area (Å²) in [6.45, 7) is 2.02. The molecule has 0 saturated carbocycles. The molecule has 0 unspecified atom stereocenters. The zero-order chi connectivity index (χ0) is 18.9. The van der Waals surface area contributed by atoms with Crippen molar-refractivity contribution in [1.29, 1.82) is 0 Å². The number of rotatable bonds is 5. The lowest BCUT2D eigenvalue weighted by atomic mass is 10.2. The number of aromatic nitrogens is 1. The Bertz CT molecular complexity index is 805. The van der Waals surface area contributed by atoms with E-state index in [9.17, 15) is 13.0 Å². The third-order valence-electron chi connectivity index (χ3n) is 3.04. The highest BCUT2D eigenvalue weighted by Crippen LogP contribution is 2.20. The number of aryl methyl sites for hydroxylation is 2. The van der Waals surface area contributed by atoms with Gasteiger partial charge in [-0.15, -0.1) is 0 Å². The highest BCUT2D eigenvalue weighted by atomic mass is 32.3. The first-order chi connectivity index (χ1) is 11.7. The van der Waals surface area contributed by atoms with Crippen LogP contribution in [-0.4, -0.2) is 33.4 Å². The molecule has 0 bridgehead atoms. The van der Waals surface area contributed by atoms with Gasteiger partial charge in [0.15, 0.2) is 12.4 Å². The molecule has 2 aromatic rings. The average molecular weight is 367 g/mol. The van der Waals surface area contributed by atoms with Gasteiger partial charge in [0.2, 0.25) is 10.4 Å². The molecular weight excluding hydrogens is 346 g/mol. The van der Waals surface area contributed by atoms with Crippen LogP contribution in [0, 0.1) is 6.92 Å². The van der Waals surface area contributed by atoms with Crippen molar-refractivity contribution < 1.29 is 26.5 Å². The number of hydrogen-bond acceptors (Lipinski definition) is 7. The molecule has 8 nitrogen and oxygen atoms in total. The van der Waals surface area contributed by atoms with E-state index >= 15 is 0 Å². The summed E-state index contributed by atoms with van der Waals surface area (Å²) in [6, 6.07) is 9.85. The molecule has 0 aliphatic heterocycles. The van der Waals surface area contributed by atoms with Crippen molar-refractivity contribution in [1.82, 2.24) is 0 Å². The van der Waals surface area contributed by atoms with E-state index in [4.69, 9.17) is 4.74 Å². The van der Waals surface area contributed by atoms with E-state index in [1.807, 2.05) is 61.3 Å². The van der Waals surface area contributed by atoms with Gasteiger partial charge in [0.1, 0.15) is 12.8 Å². The molecule has 9 heteroatoms. The van der Waals surface area contributed by atoms with E-state index < -0.39 is 10.4 Å². The van der Waals surface area contributed by atoms with Crippen LogP contribution in [0.4, 0.5) is 5.69 Å². The number of benzene rings is 1. The van der Waals surface area contributed by atoms with Crippen LogP contribution in [0.15, 0.2) is 47.8 Å². The van der Waals surface area contributed by atoms with Gasteiger partial charge >= 0.3 is 0 Å². The van der Waals surface area contributed by atoms with E-state index in [0.29, 0.717) is 0 Å². The third-order valence-corrected chi connectivity index (χ3v) is 3.45. The molecule has 1 N–H and O–H groups in total. The van der Waals surface area contributed by atoms with Gasteiger partial charge in [-0.1, -0.05) is 0 Å². The van der Waals surface area contributed by atoms with Crippen LogP contribution in [0.2, 0.25) is 0 Å². The van der Waals surface area contributed by atoms with Crippen molar-refractivity contribution in [3.05, 3.63) is 53.9 Å². The van der Waals surface area contributed by atoms with Gasteiger partial charge in [-0.2, -0.15) is 5.10 Å². The van der Waals surface area contributed by atoms with Gasteiger partial charge in [-0.05, 0) is 30.7 Å². The Hall–Kier alpha value is -2.49. The second-order valence-corrected chi connectivity index (χ2v) is 6.07. The largest absolute Gasteiger partial charge is 0.726 e. The highest BCUT2D eigenvalue weighted by molar-refractivity contribution is 7.80. The van der Waals surface area contributed by atoms with E-state index in [1.54, 1.807) is 13.3 Å². The second-order valence-electron chi connectivity index (χ2n) is 4.92. The van der Waals surface area contributed by atoms with Gasteiger partial charge in [0.05, 0.1) is 26.1 Å². The normalized spacial score (nSPS) is 10.9. The number of ether oxygens (including phenoxy) is 1. The van der Waals surface area contributed by atoms with Crippen LogP contribution < -0.4 is 14.7 Å². The molecule has 0 aliphatic carbocycles. The smallest absolute Gasteiger partial charge is 0.217 e. The van der Waals surface area contributed by atoms with E-state index in [2.05, 4.69) is 14.7 Å². The Labute approximate surface area is 147 Å². The van der Waals surface area contributed by atoms with E-state index in [1.165, 1.54) is 0 Å². The minimum absolute atomic E-state index is 0.808. The van der Waals surface area contributed by atoms with Gasteiger partial charge in [-0.25, -0.2) is 13.0 Å². The maximum Gasteiger partial charge on any atom is 0.217 e. The van der Waals surface area contributed by atoms with Gasteiger partial charge in [0, 0.05) is 17.7 Å². The summed E-state index contributed by atoms with van der Waals surface area (Å²) in [5.41, 5.74) is 6.15. The quantitative estimate of drug-likeness (QED) is 0.281. The van der Waals surface area contributed by atoms with Crippen molar-refractivity contribution in [2.45, 2.75) is 6.92 Å². The van der Waals surface area contributed by atoms with Crippen molar-refractivity contribution in [3.63, 3.8) is 0 Å². The molecule has 0 fully saturated rings. The van der Waals surface area contributed by atoms with Crippen molar-refractivity contribution in [2.75, 3.05) is 19.6 Å². The molecule has 25 heavy (non-hydrogen) atoms. The lowest BCUT2D eigenvalue weighted by Gasteiger charge is -2.06. The number of nitrogens with one attached hydrogen (secondary N) is 1. The fourth-order valence-electron chi connectivity index (χ4n) is 1.66.